The van der Waals surface area contributed by atoms with Crippen LogP contribution >= 0.6 is 0 Å². The van der Waals surface area contributed by atoms with Gasteiger partial charge in [0.25, 0.3) is 5.91 Å². The topological polar surface area (TPSA) is 60.9 Å². The molecule has 4 bridgehead atoms. The van der Waals surface area contributed by atoms with Crippen LogP contribution in [0.5, 0.6) is 0 Å². The molecule has 3 aliphatic carbocycles. The van der Waals surface area contributed by atoms with Crippen LogP contribution in [0.4, 0.5) is 4.79 Å². The molecule has 3 saturated heterocycles. The molecule has 0 aromatic carbocycles. The highest BCUT2D eigenvalue weighted by atomic mass is 16.2. The second kappa shape index (κ2) is 6.21. The van der Waals surface area contributed by atoms with Gasteiger partial charge in [-0.2, -0.15) is 0 Å². The molecule has 6 rings (SSSR count). The van der Waals surface area contributed by atoms with Gasteiger partial charge in [0.2, 0.25) is 5.91 Å². The summed E-state index contributed by atoms with van der Waals surface area (Å²) in [7, 11) is 1.74. The lowest BCUT2D eigenvalue weighted by atomic mass is 9.68. The third-order valence-electron chi connectivity index (χ3n) is 8.20. The van der Waals surface area contributed by atoms with E-state index < -0.39 is 5.54 Å². The number of nitrogens with zero attached hydrogens (tertiary/aromatic N) is 3. The van der Waals surface area contributed by atoms with Crippen molar-refractivity contribution in [3.63, 3.8) is 0 Å². The molecular formula is C21H31N3O3. The highest BCUT2D eigenvalue weighted by molar-refractivity contribution is 6.09. The first-order chi connectivity index (χ1) is 13.0. The third kappa shape index (κ3) is 2.62. The number of likely N-dealkylation sites (N-methyl/N-ethyl adjacent to an activating group) is 1. The van der Waals surface area contributed by atoms with Gasteiger partial charge >= 0.3 is 6.03 Å². The predicted molar refractivity (Wildman–Crippen MR) is 99.7 cm³/mol. The van der Waals surface area contributed by atoms with Crippen molar-refractivity contribution >= 4 is 17.8 Å². The second-order valence-corrected chi connectivity index (χ2v) is 9.80. The van der Waals surface area contributed by atoms with Gasteiger partial charge in [-0.1, -0.05) is 19.3 Å². The van der Waals surface area contributed by atoms with Crippen LogP contribution in [-0.4, -0.2) is 64.3 Å². The summed E-state index contributed by atoms with van der Waals surface area (Å²) in [6.45, 7) is 0.760. The number of urea groups is 1. The van der Waals surface area contributed by atoms with Crippen molar-refractivity contribution in [2.75, 3.05) is 20.1 Å². The Morgan fingerprint density at radius 2 is 1.59 bits per heavy atom. The maximum absolute atomic E-state index is 13.2. The van der Waals surface area contributed by atoms with Gasteiger partial charge in [-0.3, -0.25) is 14.5 Å². The van der Waals surface area contributed by atoms with E-state index in [1.165, 1.54) is 24.2 Å². The zero-order valence-corrected chi connectivity index (χ0v) is 16.4. The van der Waals surface area contributed by atoms with Gasteiger partial charge in [0.1, 0.15) is 12.1 Å². The van der Waals surface area contributed by atoms with Crippen LogP contribution in [0, 0.1) is 17.8 Å². The second-order valence-electron chi connectivity index (χ2n) is 9.80. The normalized spacial score (nSPS) is 37.4. The van der Waals surface area contributed by atoms with Crippen molar-refractivity contribution in [1.29, 1.82) is 0 Å². The van der Waals surface area contributed by atoms with E-state index in [1.54, 1.807) is 11.9 Å². The summed E-state index contributed by atoms with van der Waals surface area (Å²) in [6, 6.07) is 0.0406. The molecule has 3 heterocycles. The summed E-state index contributed by atoms with van der Waals surface area (Å²) in [5.74, 6) is 2.01. The largest absolute Gasteiger partial charge is 0.338 e. The molecule has 1 spiro atoms. The van der Waals surface area contributed by atoms with Gasteiger partial charge in [-0.25, -0.2) is 4.79 Å². The molecule has 0 aromatic heterocycles. The van der Waals surface area contributed by atoms with Crippen LogP contribution < -0.4 is 0 Å². The van der Waals surface area contributed by atoms with E-state index in [1.807, 2.05) is 4.90 Å². The van der Waals surface area contributed by atoms with Crippen molar-refractivity contribution in [2.45, 2.75) is 75.8 Å². The molecule has 0 radical (unpaired) electrons. The first kappa shape index (κ1) is 17.5. The summed E-state index contributed by atoms with van der Waals surface area (Å²) >= 11 is 0. The van der Waals surface area contributed by atoms with Gasteiger partial charge < -0.3 is 9.80 Å². The van der Waals surface area contributed by atoms with Crippen LogP contribution in [0.3, 0.4) is 0 Å². The Morgan fingerprint density at radius 1 is 0.963 bits per heavy atom. The molecule has 3 saturated carbocycles. The number of fused-ring (bicyclic) bond motifs is 1. The van der Waals surface area contributed by atoms with Crippen LogP contribution in [0.1, 0.15) is 64.2 Å². The Hall–Kier alpha value is -1.59. The molecule has 2 atom stereocenters. The average molecular weight is 373 g/mol. The van der Waals surface area contributed by atoms with Crippen molar-refractivity contribution < 1.29 is 14.4 Å². The lowest BCUT2D eigenvalue weighted by molar-refractivity contribution is -0.141. The summed E-state index contributed by atoms with van der Waals surface area (Å²) in [4.78, 5) is 44.1. The predicted octanol–water partition coefficient (Wildman–Crippen LogP) is 2.62. The highest BCUT2D eigenvalue weighted by Crippen LogP contribution is 2.47. The van der Waals surface area contributed by atoms with E-state index in [0.717, 1.165) is 63.3 Å². The number of imide groups is 1. The Morgan fingerprint density at radius 3 is 2.26 bits per heavy atom. The Bertz CT molecular complexity index is 658. The van der Waals surface area contributed by atoms with Crippen molar-refractivity contribution in [1.82, 2.24) is 14.7 Å². The molecule has 4 amide bonds. The van der Waals surface area contributed by atoms with E-state index in [4.69, 9.17) is 0 Å². The van der Waals surface area contributed by atoms with E-state index in [2.05, 4.69) is 0 Å². The molecule has 6 nitrogen and oxygen atoms in total. The molecule has 6 heteroatoms. The quantitative estimate of drug-likeness (QED) is 0.699. The first-order valence-corrected chi connectivity index (χ1v) is 10.9. The molecule has 0 aromatic rings. The van der Waals surface area contributed by atoms with E-state index in [0.29, 0.717) is 12.0 Å². The SMILES string of the molecule is CN1C(=O)N(CC(=O)N2CC3CC4CC(C3)CC2C4)C(=O)C12CCCCC2. The van der Waals surface area contributed by atoms with Crippen molar-refractivity contribution in [3.05, 3.63) is 0 Å². The van der Waals surface area contributed by atoms with Gasteiger partial charge in [0.15, 0.2) is 0 Å². The van der Waals surface area contributed by atoms with Crippen LogP contribution in [0.25, 0.3) is 0 Å². The zero-order valence-electron chi connectivity index (χ0n) is 16.4. The van der Waals surface area contributed by atoms with E-state index in [9.17, 15) is 14.4 Å². The summed E-state index contributed by atoms with van der Waals surface area (Å²) in [5, 5.41) is 0. The van der Waals surface area contributed by atoms with Crippen molar-refractivity contribution in [2.24, 2.45) is 17.8 Å². The van der Waals surface area contributed by atoms with Crippen LogP contribution in [0.15, 0.2) is 0 Å². The fourth-order valence-corrected chi connectivity index (χ4v) is 6.99. The molecule has 3 aliphatic heterocycles. The Labute approximate surface area is 161 Å². The standard InChI is InChI=1S/C21H31N3O3/c1-22-20(27)24(19(26)21(22)5-3-2-4-6-21)13-18(25)23-12-16-8-14-7-15(9-16)11-17(23)10-14/h14-17H,2-13H2,1H3. The molecule has 0 N–H and O–H groups in total. The Balaban J connectivity index is 1.33. The first-order valence-electron chi connectivity index (χ1n) is 10.9. The minimum atomic E-state index is -0.689. The minimum absolute atomic E-state index is 0.0174. The van der Waals surface area contributed by atoms with E-state index in [-0.39, 0.29) is 24.4 Å². The lowest BCUT2D eigenvalue weighted by Gasteiger charge is -2.39. The molecule has 27 heavy (non-hydrogen) atoms. The molecule has 6 aliphatic rings. The summed E-state index contributed by atoms with van der Waals surface area (Å²) < 4.78 is 0. The number of carbonyl (C=O) groups is 3. The van der Waals surface area contributed by atoms with Crippen molar-refractivity contribution in [3.8, 4) is 0 Å². The number of hydrogen-bond acceptors (Lipinski definition) is 3. The molecule has 2 unspecified atom stereocenters. The maximum atomic E-state index is 13.2. The number of carbonyl (C=O) groups excluding carboxylic acids is 3. The fraction of sp³-hybridized carbons (Fsp3) is 0.857. The zero-order chi connectivity index (χ0) is 18.8. The number of rotatable bonds is 2. The minimum Gasteiger partial charge on any atom is -0.338 e. The average Bonchev–Trinajstić information content (AvgIpc) is 2.79. The lowest BCUT2D eigenvalue weighted by Crippen LogP contribution is -2.50. The van der Waals surface area contributed by atoms with Gasteiger partial charge in [0, 0.05) is 19.6 Å². The Kier molecular flexibility index (Phi) is 4.03. The summed E-state index contributed by atoms with van der Waals surface area (Å²) in [5.41, 5.74) is -0.689. The third-order valence-corrected chi connectivity index (χ3v) is 8.20. The summed E-state index contributed by atoms with van der Waals surface area (Å²) in [6.07, 6.45) is 10.6. The van der Waals surface area contributed by atoms with Gasteiger partial charge in [-0.05, 0) is 62.7 Å². The molecule has 148 valence electrons. The maximum Gasteiger partial charge on any atom is 0.327 e. The van der Waals surface area contributed by atoms with Crippen LogP contribution in [-0.2, 0) is 9.59 Å². The molecule has 6 fully saturated rings. The molecular weight excluding hydrogens is 342 g/mol. The van der Waals surface area contributed by atoms with Crippen LogP contribution in [0.2, 0.25) is 0 Å². The smallest absolute Gasteiger partial charge is 0.327 e. The fourth-order valence-electron chi connectivity index (χ4n) is 6.99. The number of hydrogen-bond donors (Lipinski definition) is 0. The number of amides is 4. The van der Waals surface area contributed by atoms with E-state index >= 15 is 0 Å². The highest BCUT2D eigenvalue weighted by Gasteiger charge is 2.56. The van der Waals surface area contributed by atoms with Gasteiger partial charge in [0.05, 0.1) is 0 Å². The van der Waals surface area contributed by atoms with Gasteiger partial charge in [-0.15, -0.1) is 0 Å². The monoisotopic (exact) mass is 373 g/mol.